The maximum Gasteiger partial charge on any atom is 0.192 e. The summed E-state index contributed by atoms with van der Waals surface area (Å²) in [6.07, 6.45) is 1.84. The smallest absolute Gasteiger partial charge is 0.192 e. The third-order valence-corrected chi connectivity index (χ3v) is 8.43. The van der Waals surface area contributed by atoms with Crippen molar-refractivity contribution in [2.75, 3.05) is 13.2 Å². The maximum atomic E-state index is 13.1. The van der Waals surface area contributed by atoms with Crippen LogP contribution < -0.4 is 4.74 Å². The highest BCUT2D eigenvalue weighted by Crippen LogP contribution is 2.36. The minimum absolute atomic E-state index is 0.200. The Morgan fingerprint density at radius 3 is 2.40 bits per heavy atom. The van der Waals surface area contributed by atoms with Crippen LogP contribution in [0, 0.1) is 12.2 Å². The van der Waals surface area contributed by atoms with E-state index in [1.54, 1.807) is 6.07 Å². The summed E-state index contributed by atoms with van der Waals surface area (Å²) in [6, 6.07) is 4.55. The van der Waals surface area contributed by atoms with Gasteiger partial charge in [0.25, 0.3) is 0 Å². The van der Waals surface area contributed by atoms with Crippen LogP contribution in [0.5, 0.6) is 5.75 Å². The highest BCUT2D eigenvalue weighted by atomic mass is 28.4. The molecule has 0 heterocycles. The molecule has 0 aliphatic heterocycles. The molecule has 0 unspecified atom stereocenters. The van der Waals surface area contributed by atoms with Crippen LogP contribution in [0.2, 0.25) is 18.1 Å². The lowest BCUT2D eigenvalue weighted by molar-refractivity contribution is 0.203. The van der Waals surface area contributed by atoms with Gasteiger partial charge >= 0.3 is 0 Å². The molecule has 0 saturated heterocycles. The number of ether oxygens (including phenoxy) is 1. The Morgan fingerprint density at radius 1 is 1.20 bits per heavy atom. The second-order valence-corrected chi connectivity index (χ2v) is 11.2. The quantitative estimate of drug-likeness (QED) is 0.555. The zero-order valence-corrected chi connectivity index (χ0v) is 14.4. The van der Waals surface area contributed by atoms with Crippen LogP contribution in [0.25, 0.3) is 0 Å². The molecule has 1 aromatic rings. The Hall–Kier alpha value is -0.873. The van der Waals surface area contributed by atoms with Gasteiger partial charge in [0.1, 0.15) is 18.2 Å². The van der Waals surface area contributed by atoms with Crippen molar-refractivity contribution in [3.05, 3.63) is 36.0 Å². The van der Waals surface area contributed by atoms with Crippen LogP contribution in [0.1, 0.15) is 33.3 Å². The first-order chi connectivity index (χ1) is 9.17. The molecule has 1 rings (SSSR count). The van der Waals surface area contributed by atoms with Crippen molar-refractivity contribution < 1.29 is 13.6 Å². The Labute approximate surface area is 123 Å². The molecular weight excluding hydrogens is 271 g/mol. The van der Waals surface area contributed by atoms with Crippen LogP contribution in [0.4, 0.5) is 4.39 Å². The Bertz CT molecular complexity index is 439. The van der Waals surface area contributed by atoms with E-state index in [1.807, 2.05) is 13.3 Å². The molecule has 0 N–H and O–H groups in total. The molecule has 0 amide bonds. The predicted molar refractivity (Wildman–Crippen MR) is 84.1 cm³/mol. The normalized spacial score (nSPS) is 12.6. The van der Waals surface area contributed by atoms with Gasteiger partial charge in [0.05, 0.1) is 6.61 Å². The minimum atomic E-state index is -1.72. The van der Waals surface area contributed by atoms with Gasteiger partial charge in [-0.05, 0) is 42.8 Å². The molecule has 0 fully saturated rings. The lowest BCUT2D eigenvalue weighted by Gasteiger charge is -2.36. The third-order valence-electron chi connectivity index (χ3n) is 3.89. The zero-order valence-electron chi connectivity index (χ0n) is 13.4. The lowest BCUT2D eigenvalue weighted by atomic mass is 10.1. The molecule has 113 valence electrons. The highest BCUT2D eigenvalue weighted by molar-refractivity contribution is 6.74. The van der Waals surface area contributed by atoms with E-state index in [4.69, 9.17) is 9.16 Å². The average Bonchev–Trinajstić information content (AvgIpc) is 2.34. The maximum absolute atomic E-state index is 13.1. The van der Waals surface area contributed by atoms with Gasteiger partial charge in [-0.2, -0.15) is 0 Å². The van der Waals surface area contributed by atoms with Crippen molar-refractivity contribution in [3.63, 3.8) is 0 Å². The molecule has 1 radical (unpaired) electrons. The fourth-order valence-corrected chi connectivity index (χ4v) is 2.57. The molecule has 0 saturated carbocycles. The first kappa shape index (κ1) is 17.2. The number of halogens is 1. The second kappa shape index (κ2) is 6.72. The van der Waals surface area contributed by atoms with Crippen LogP contribution in [-0.2, 0) is 4.43 Å². The molecule has 0 aliphatic carbocycles. The van der Waals surface area contributed by atoms with Crippen molar-refractivity contribution >= 4 is 8.32 Å². The van der Waals surface area contributed by atoms with E-state index in [-0.39, 0.29) is 10.9 Å². The Balaban J connectivity index is 2.50. The standard InChI is InChI=1S/C16H26FO2Si/c1-7-13-12-14(17)8-9-15(13)18-10-11-19-20(5,6)16(2,3)4/h7-9,12H,10-11H2,1-6H3. The van der Waals surface area contributed by atoms with Crippen molar-refractivity contribution in [2.45, 2.75) is 45.8 Å². The molecule has 0 aliphatic rings. The van der Waals surface area contributed by atoms with Gasteiger partial charge in [0.2, 0.25) is 0 Å². The van der Waals surface area contributed by atoms with E-state index in [0.717, 1.165) is 5.56 Å². The third kappa shape index (κ3) is 4.60. The summed E-state index contributed by atoms with van der Waals surface area (Å²) in [5.41, 5.74) is 0.775. The van der Waals surface area contributed by atoms with Crippen LogP contribution in [0.15, 0.2) is 18.2 Å². The molecule has 4 heteroatoms. The average molecular weight is 297 g/mol. The van der Waals surface area contributed by atoms with Gasteiger partial charge in [-0.25, -0.2) is 4.39 Å². The summed E-state index contributed by atoms with van der Waals surface area (Å²) in [5, 5.41) is 0.200. The number of hydrogen-bond acceptors (Lipinski definition) is 2. The first-order valence-corrected chi connectivity index (χ1v) is 9.94. The summed E-state index contributed by atoms with van der Waals surface area (Å²) < 4.78 is 24.8. The topological polar surface area (TPSA) is 18.5 Å². The monoisotopic (exact) mass is 297 g/mol. The summed E-state index contributed by atoms with van der Waals surface area (Å²) in [4.78, 5) is 0. The van der Waals surface area contributed by atoms with E-state index in [1.165, 1.54) is 12.1 Å². The molecule has 0 aromatic heterocycles. The lowest BCUT2D eigenvalue weighted by Crippen LogP contribution is -2.41. The van der Waals surface area contributed by atoms with E-state index >= 15 is 0 Å². The number of hydrogen-bond donors (Lipinski definition) is 0. The molecular formula is C16H26FO2Si. The van der Waals surface area contributed by atoms with Crippen LogP contribution in [0.3, 0.4) is 0 Å². The van der Waals surface area contributed by atoms with Crippen molar-refractivity contribution in [3.8, 4) is 5.75 Å². The molecule has 0 atom stereocenters. The van der Waals surface area contributed by atoms with Gasteiger partial charge in [0.15, 0.2) is 8.32 Å². The Kier molecular flexibility index (Phi) is 5.77. The predicted octanol–water partition coefficient (Wildman–Crippen LogP) is 4.80. The molecule has 0 spiro atoms. The first-order valence-electron chi connectivity index (χ1n) is 7.03. The molecule has 0 bridgehead atoms. The van der Waals surface area contributed by atoms with E-state index in [9.17, 15) is 4.39 Å². The molecule has 20 heavy (non-hydrogen) atoms. The van der Waals surface area contributed by atoms with Crippen LogP contribution in [-0.4, -0.2) is 21.5 Å². The van der Waals surface area contributed by atoms with Gasteiger partial charge in [-0.3, -0.25) is 0 Å². The van der Waals surface area contributed by atoms with Crippen LogP contribution >= 0.6 is 0 Å². The van der Waals surface area contributed by atoms with Crippen molar-refractivity contribution in [1.29, 1.82) is 0 Å². The molecule has 2 nitrogen and oxygen atoms in total. The molecule has 1 aromatic carbocycles. The summed E-state index contributed by atoms with van der Waals surface area (Å²) in [5.74, 6) is 0.454. The fourth-order valence-electron chi connectivity index (χ4n) is 1.54. The van der Waals surface area contributed by atoms with Crippen molar-refractivity contribution in [2.24, 2.45) is 0 Å². The van der Waals surface area contributed by atoms with E-state index in [0.29, 0.717) is 19.0 Å². The van der Waals surface area contributed by atoms with Gasteiger partial charge in [0, 0.05) is 5.56 Å². The van der Waals surface area contributed by atoms with Gasteiger partial charge in [-0.1, -0.05) is 27.7 Å². The Morgan fingerprint density at radius 2 is 1.85 bits per heavy atom. The van der Waals surface area contributed by atoms with Crippen molar-refractivity contribution in [1.82, 2.24) is 0 Å². The van der Waals surface area contributed by atoms with Gasteiger partial charge in [-0.15, -0.1) is 0 Å². The van der Waals surface area contributed by atoms with E-state index in [2.05, 4.69) is 33.9 Å². The fraction of sp³-hybridized carbons (Fsp3) is 0.562. The van der Waals surface area contributed by atoms with E-state index < -0.39 is 8.32 Å². The summed E-state index contributed by atoms with van der Waals surface area (Å²) in [7, 11) is -1.72. The van der Waals surface area contributed by atoms with Gasteiger partial charge < -0.3 is 9.16 Å². The zero-order chi connectivity index (χ0) is 15.4. The minimum Gasteiger partial charge on any atom is -0.491 e. The summed E-state index contributed by atoms with van der Waals surface area (Å²) in [6.45, 7) is 14.0. The highest BCUT2D eigenvalue weighted by Gasteiger charge is 2.36. The number of benzene rings is 1. The number of rotatable bonds is 6. The second-order valence-electron chi connectivity index (χ2n) is 6.43. The summed E-state index contributed by atoms with van der Waals surface area (Å²) >= 11 is 0. The SMILES string of the molecule is C[CH]c1cc(F)ccc1OCCO[Si](C)(C)C(C)(C)C. The largest absolute Gasteiger partial charge is 0.491 e.